The molecule has 3 aromatic rings. The summed E-state index contributed by atoms with van der Waals surface area (Å²) in [5.41, 5.74) is 3.31. The third-order valence-electron chi connectivity index (χ3n) is 4.06. The standard InChI is InChI=1S/C19H23N7/c1-25(2)17-6-4-16(5-7-17)22-19-23-18(14-21-24-19)26(3)13-10-15-8-11-20-12-9-15/h4-9,11-12,14H,10,13H2,1-3H3,(H,22,23,24). The Morgan fingerprint density at radius 2 is 1.69 bits per heavy atom. The number of aromatic nitrogens is 4. The van der Waals surface area contributed by atoms with E-state index < -0.39 is 0 Å². The molecule has 134 valence electrons. The highest BCUT2D eigenvalue weighted by Gasteiger charge is 2.07. The van der Waals surface area contributed by atoms with Crippen LogP contribution >= 0.6 is 0 Å². The maximum atomic E-state index is 4.56. The number of rotatable bonds is 7. The van der Waals surface area contributed by atoms with Gasteiger partial charge in [-0.1, -0.05) is 0 Å². The van der Waals surface area contributed by atoms with Crippen LogP contribution in [-0.2, 0) is 6.42 Å². The van der Waals surface area contributed by atoms with E-state index in [0.29, 0.717) is 5.95 Å². The zero-order chi connectivity index (χ0) is 18.4. The molecule has 3 rings (SSSR count). The van der Waals surface area contributed by atoms with E-state index in [1.54, 1.807) is 6.20 Å². The SMILES string of the molecule is CN(C)c1ccc(Nc2nncc(N(C)CCc3ccncc3)n2)cc1. The zero-order valence-electron chi connectivity index (χ0n) is 15.3. The summed E-state index contributed by atoms with van der Waals surface area (Å²) in [6.07, 6.45) is 6.21. The summed E-state index contributed by atoms with van der Waals surface area (Å²) in [5, 5.41) is 11.3. The van der Waals surface area contributed by atoms with Crippen molar-refractivity contribution >= 4 is 23.1 Å². The van der Waals surface area contributed by atoms with Crippen molar-refractivity contribution in [3.05, 3.63) is 60.6 Å². The van der Waals surface area contributed by atoms with E-state index in [9.17, 15) is 0 Å². The summed E-state index contributed by atoms with van der Waals surface area (Å²) in [7, 11) is 6.03. The first-order valence-electron chi connectivity index (χ1n) is 8.46. The fraction of sp³-hybridized carbons (Fsp3) is 0.263. The molecule has 0 aliphatic rings. The minimum Gasteiger partial charge on any atom is -0.378 e. The van der Waals surface area contributed by atoms with E-state index >= 15 is 0 Å². The van der Waals surface area contributed by atoms with E-state index in [1.807, 2.05) is 69.9 Å². The van der Waals surface area contributed by atoms with Gasteiger partial charge in [0.05, 0.1) is 6.20 Å². The summed E-state index contributed by atoms with van der Waals surface area (Å²) in [5.74, 6) is 1.26. The number of hydrogen-bond acceptors (Lipinski definition) is 7. The van der Waals surface area contributed by atoms with Crippen LogP contribution in [0.15, 0.2) is 55.0 Å². The maximum absolute atomic E-state index is 4.56. The molecule has 1 aromatic carbocycles. The molecule has 2 aromatic heterocycles. The number of pyridine rings is 1. The number of nitrogens with zero attached hydrogens (tertiary/aromatic N) is 6. The van der Waals surface area contributed by atoms with Crippen LogP contribution in [0.3, 0.4) is 0 Å². The molecular formula is C19H23N7. The summed E-state index contributed by atoms with van der Waals surface area (Å²) in [6, 6.07) is 12.1. The molecule has 0 amide bonds. The largest absolute Gasteiger partial charge is 0.378 e. The molecule has 0 aliphatic heterocycles. The smallest absolute Gasteiger partial charge is 0.249 e. The minimum absolute atomic E-state index is 0.482. The van der Waals surface area contributed by atoms with Gasteiger partial charge in [0.2, 0.25) is 5.95 Å². The lowest BCUT2D eigenvalue weighted by atomic mass is 10.2. The Morgan fingerprint density at radius 1 is 0.962 bits per heavy atom. The van der Waals surface area contributed by atoms with Crippen molar-refractivity contribution in [2.24, 2.45) is 0 Å². The first-order valence-corrected chi connectivity index (χ1v) is 8.46. The topological polar surface area (TPSA) is 70.1 Å². The van der Waals surface area contributed by atoms with Gasteiger partial charge in [0.1, 0.15) is 0 Å². The maximum Gasteiger partial charge on any atom is 0.249 e. The first kappa shape index (κ1) is 17.6. The first-order chi connectivity index (χ1) is 12.6. The lowest BCUT2D eigenvalue weighted by Gasteiger charge is -2.18. The molecule has 0 bridgehead atoms. The molecule has 2 heterocycles. The highest BCUT2D eigenvalue weighted by molar-refractivity contribution is 5.59. The second-order valence-corrected chi connectivity index (χ2v) is 6.23. The average molecular weight is 349 g/mol. The van der Waals surface area contributed by atoms with Crippen LogP contribution in [0.2, 0.25) is 0 Å². The van der Waals surface area contributed by atoms with E-state index in [4.69, 9.17) is 0 Å². The van der Waals surface area contributed by atoms with Gasteiger partial charge in [-0.25, -0.2) is 0 Å². The van der Waals surface area contributed by atoms with Crippen molar-refractivity contribution in [1.29, 1.82) is 0 Å². The molecule has 0 unspecified atom stereocenters. The Morgan fingerprint density at radius 3 is 2.38 bits per heavy atom. The summed E-state index contributed by atoms with van der Waals surface area (Å²) >= 11 is 0. The number of hydrogen-bond donors (Lipinski definition) is 1. The van der Waals surface area contributed by atoms with Crippen LogP contribution in [0.5, 0.6) is 0 Å². The third-order valence-corrected chi connectivity index (χ3v) is 4.06. The second kappa shape index (κ2) is 8.24. The molecule has 0 atom stereocenters. The van der Waals surface area contributed by atoms with Crippen molar-refractivity contribution in [2.75, 3.05) is 42.8 Å². The predicted molar refractivity (Wildman–Crippen MR) is 105 cm³/mol. The molecule has 0 fully saturated rings. The quantitative estimate of drug-likeness (QED) is 0.703. The summed E-state index contributed by atoms with van der Waals surface area (Å²) in [6.45, 7) is 0.833. The molecular weight excluding hydrogens is 326 g/mol. The van der Waals surface area contributed by atoms with Crippen molar-refractivity contribution in [3.63, 3.8) is 0 Å². The molecule has 0 saturated carbocycles. The van der Waals surface area contributed by atoms with Gasteiger partial charge in [-0.3, -0.25) is 4.98 Å². The van der Waals surface area contributed by atoms with Gasteiger partial charge < -0.3 is 15.1 Å². The van der Waals surface area contributed by atoms with Crippen LogP contribution in [0, 0.1) is 0 Å². The fourth-order valence-corrected chi connectivity index (χ4v) is 2.46. The van der Waals surface area contributed by atoms with Gasteiger partial charge in [0.25, 0.3) is 0 Å². The van der Waals surface area contributed by atoms with E-state index in [1.165, 1.54) is 5.56 Å². The van der Waals surface area contributed by atoms with E-state index in [-0.39, 0.29) is 0 Å². The van der Waals surface area contributed by atoms with Crippen molar-refractivity contribution < 1.29 is 0 Å². The molecule has 0 aliphatic carbocycles. The van der Waals surface area contributed by atoms with Gasteiger partial charge in [-0.05, 0) is 48.4 Å². The highest BCUT2D eigenvalue weighted by atomic mass is 15.3. The van der Waals surface area contributed by atoms with Crippen molar-refractivity contribution in [3.8, 4) is 0 Å². The molecule has 0 spiro atoms. The van der Waals surface area contributed by atoms with Gasteiger partial charge in [0, 0.05) is 51.5 Å². The van der Waals surface area contributed by atoms with Gasteiger partial charge in [-0.15, -0.1) is 5.10 Å². The molecule has 1 N–H and O–H groups in total. The van der Waals surface area contributed by atoms with Gasteiger partial charge >= 0.3 is 0 Å². The lowest BCUT2D eigenvalue weighted by Crippen LogP contribution is -2.22. The Hall–Kier alpha value is -3.22. The number of benzene rings is 1. The molecule has 0 saturated heterocycles. The van der Waals surface area contributed by atoms with Crippen LogP contribution in [0.1, 0.15) is 5.56 Å². The lowest BCUT2D eigenvalue weighted by molar-refractivity contribution is 0.840. The van der Waals surface area contributed by atoms with Crippen LogP contribution < -0.4 is 15.1 Å². The van der Waals surface area contributed by atoms with Gasteiger partial charge in [0.15, 0.2) is 5.82 Å². The Bertz CT molecular complexity index is 819. The minimum atomic E-state index is 0.482. The van der Waals surface area contributed by atoms with E-state index in [2.05, 4.69) is 35.3 Å². The average Bonchev–Trinajstić information content (AvgIpc) is 2.67. The highest BCUT2D eigenvalue weighted by Crippen LogP contribution is 2.19. The van der Waals surface area contributed by atoms with E-state index in [0.717, 1.165) is 30.2 Å². The fourth-order valence-electron chi connectivity index (χ4n) is 2.46. The monoisotopic (exact) mass is 349 g/mol. The van der Waals surface area contributed by atoms with Gasteiger partial charge in [-0.2, -0.15) is 10.1 Å². The molecule has 26 heavy (non-hydrogen) atoms. The number of nitrogens with one attached hydrogen (secondary N) is 1. The second-order valence-electron chi connectivity index (χ2n) is 6.23. The Labute approximate surface area is 153 Å². The van der Waals surface area contributed by atoms with Crippen LogP contribution in [0.25, 0.3) is 0 Å². The summed E-state index contributed by atoms with van der Waals surface area (Å²) in [4.78, 5) is 12.7. The zero-order valence-corrected chi connectivity index (χ0v) is 15.3. The Kier molecular flexibility index (Phi) is 5.58. The number of anilines is 4. The number of likely N-dealkylation sites (N-methyl/N-ethyl adjacent to an activating group) is 1. The molecule has 7 nitrogen and oxygen atoms in total. The van der Waals surface area contributed by atoms with Crippen molar-refractivity contribution in [2.45, 2.75) is 6.42 Å². The molecule has 7 heteroatoms. The normalized spacial score (nSPS) is 10.4. The third kappa shape index (κ3) is 4.66. The Balaban J connectivity index is 1.63. The molecule has 0 radical (unpaired) electrons. The van der Waals surface area contributed by atoms with Crippen LogP contribution in [-0.4, -0.2) is 47.9 Å². The van der Waals surface area contributed by atoms with Crippen LogP contribution in [0.4, 0.5) is 23.1 Å². The van der Waals surface area contributed by atoms with Crippen molar-refractivity contribution in [1.82, 2.24) is 20.2 Å². The summed E-state index contributed by atoms with van der Waals surface area (Å²) < 4.78 is 0. The predicted octanol–water partition coefficient (Wildman–Crippen LogP) is 2.76.